The number of amides is 1. The Morgan fingerprint density at radius 3 is 2.79 bits per heavy atom. The topological polar surface area (TPSA) is 71.1 Å². The van der Waals surface area contributed by atoms with Gasteiger partial charge in [-0.2, -0.15) is 0 Å². The number of hydrogen-bond acceptors (Lipinski definition) is 4. The number of hydrogen-bond donors (Lipinski definition) is 2. The Hall–Kier alpha value is -1.14. The van der Waals surface area contributed by atoms with Gasteiger partial charge in [-0.15, -0.1) is 0 Å². The van der Waals surface area contributed by atoms with Crippen LogP contribution in [0.5, 0.6) is 0 Å². The maximum absolute atomic E-state index is 12.0. The third-order valence-corrected chi connectivity index (χ3v) is 3.44. The highest BCUT2D eigenvalue weighted by molar-refractivity contribution is 7.84. The molecule has 0 aliphatic heterocycles. The Morgan fingerprint density at radius 2 is 2.21 bits per heavy atom. The molecule has 0 aliphatic carbocycles. The Kier molecular flexibility index (Phi) is 6.24. The van der Waals surface area contributed by atoms with Gasteiger partial charge in [-0.1, -0.05) is 11.6 Å². The summed E-state index contributed by atoms with van der Waals surface area (Å²) in [5.74, 6) is 0.734. The van der Waals surface area contributed by atoms with Crippen molar-refractivity contribution in [1.82, 2.24) is 10.3 Å². The van der Waals surface area contributed by atoms with Crippen LogP contribution in [0.25, 0.3) is 0 Å². The van der Waals surface area contributed by atoms with Crippen molar-refractivity contribution in [3.63, 3.8) is 0 Å². The highest BCUT2D eigenvalue weighted by atomic mass is 35.5. The highest BCUT2D eigenvalue weighted by Crippen LogP contribution is 2.14. The molecule has 0 radical (unpaired) electrons. The maximum Gasteiger partial charge on any atom is 0.251 e. The number of rotatable bonds is 6. The van der Waals surface area contributed by atoms with Crippen LogP contribution in [0.1, 0.15) is 24.2 Å². The molecule has 0 saturated carbocycles. The van der Waals surface area contributed by atoms with Crippen molar-refractivity contribution < 1.29 is 9.00 Å². The van der Waals surface area contributed by atoms with E-state index in [9.17, 15) is 9.00 Å². The first kappa shape index (κ1) is 15.9. The number of nitrogens with zero attached hydrogens (tertiary/aromatic N) is 1. The van der Waals surface area contributed by atoms with Gasteiger partial charge < -0.3 is 10.6 Å². The van der Waals surface area contributed by atoms with Crippen LogP contribution in [-0.4, -0.2) is 39.7 Å². The van der Waals surface area contributed by atoms with Gasteiger partial charge in [0, 0.05) is 41.0 Å². The molecule has 1 amide bonds. The highest BCUT2D eigenvalue weighted by Gasteiger charge is 2.13. The molecule has 1 aromatic rings. The summed E-state index contributed by atoms with van der Waals surface area (Å²) in [6.07, 6.45) is 1.61. The van der Waals surface area contributed by atoms with Gasteiger partial charge in [-0.3, -0.25) is 9.00 Å². The Labute approximate surface area is 120 Å². The molecule has 1 rings (SSSR count). The number of carbonyl (C=O) groups is 1. The van der Waals surface area contributed by atoms with Crippen LogP contribution in [0, 0.1) is 0 Å². The van der Waals surface area contributed by atoms with Crippen molar-refractivity contribution in [2.75, 3.05) is 23.9 Å². The molecule has 0 fully saturated rings. The minimum absolute atomic E-state index is 0.159. The molecule has 2 atom stereocenters. The van der Waals surface area contributed by atoms with E-state index in [-0.39, 0.29) is 17.1 Å². The van der Waals surface area contributed by atoms with Gasteiger partial charge >= 0.3 is 0 Å². The third-order valence-electron chi connectivity index (χ3n) is 2.28. The summed E-state index contributed by atoms with van der Waals surface area (Å²) in [5.41, 5.74) is 0.435. The van der Waals surface area contributed by atoms with E-state index in [1.54, 1.807) is 12.3 Å². The van der Waals surface area contributed by atoms with E-state index in [0.29, 0.717) is 23.7 Å². The molecule has 1 aromatic heterocycles. The first-order chi connectivity index (χ1) is 8.92. The second-order valence-corrected chi connectivity index (χ2v) is 6.08. The normalized spacial score (nSPS) is 13.7. The van der Waals surface area contributed by atoms with E-state index in [1.807, 2.05) is 13.8 Å². The summed E-state index contributed by atoms with van der Waals surface area (Å²) in [5, 5.41) is 6.04. The second-order valence-electron chi connectivity index (χ2n) is 4.21. The lowest BCUT2D eigenvalue weighted by molar-refractivity contribution is 0.0943. The summed E-state index contributed by atoms with van der Waals surface area (Å²) < 4.78 is 11.1. The molecule has 7 heteroatoms. The van der Waals surface area contributed by atoms with E-state index < -0.39 is 10.8 Å². The number of aromatic nitrogens is 1. The number of halogens is 1. The van der Waals surface area contributed by atoms with Crippen LogP contribution >= 0.6 is 11.6 Å². The molecule has 106 valence electrons. The summed E-state index contributed by atoms with van der Waals surface area (Å²) in [6, 6.07) is 2.99. The molecule has 2 N–H and O–H groups in total. The average Bonchev–Trinajstić information content (AvgIpc) is 2.27. The summed E-state index contributed by atoms with van der Waals surface area (Å²) >= 11 is 5.87. The standard InChI is InChI=1S/C12H18ClN3O2S/c1-4-14-11-6-9(5-10(13)16-11)12(17)15-8(2)7-19(3)18/h5-6,8H,4,7H2,1-3H3,(H,14,16)(H,15,17). The fraction of sp³-hybridized carbons (Fsp3) is 0.500. The quantitative estimate of drug-likeness (QED) is 0.784. The Bertz CT molecular complexity index is 482. The van der Waals surface area contributed by atoms with Crippen LogP contribution in [0.15, 0.2) is 12.1 Å². The van der Waals surface area contributed by atoms with Crippen molar-refractivity contribution >= 4 is 34.1 Å². The first-order valence-electron chi connectivity index (χ1n) is 5.94. The smallest absolute Gasteiger partial charge is 0.251 e. The number of pyridine rings is 1. The van der Waals surface area contributed by atoms with Crippen LogP contribution in [0.4, 0.5) is 5.82 Å². The molecule has 0 saturated heterocycles. The SMILES string of the molecule is CCNc1cc(C(=O)NC(C)CS(C)=O)cc(Cl)n1. The zero-order chi connectivity index (χ0) is 14.4. The van der Waals surface area contributed by atoms with Gasteiger partial charge in [0.25, 0.3) is 5.91 Å². The molecule has 0 aromatic carbocycles. The van der Waals surface area contributed by atoms with Gasteiger partial charge in [0.2, 0.25) is 0 Å². The van der Waals surface area contributed by atoms with Crippen LogP contribution in [-0.2, 0) is 10.8 Å². The predicted molar refractivity (Wildman–Crippen MR) is 79.3 cm³/mol. The average molecular weight is 304 g/mol. The molecule has 1 heterocycles. The molecular formula is C12H18ClN3O2S. The van der Waals surface area contributed by atoms with Crippen molar-refractivity contribution in [3.8, 4) is 0 Å². The molecule has 5 nitrogen and oxygen atoms in total. The molecular weight excluding hydrogens is 286 g/mol. The fourth-order valence-electron chi connectivity index (χ4n) is 1.60. The lowest BCUT2D eigenvalue weighted by Gasteiger charge is -2.13. The zero-order valence-electron chi connectivity index (χ0n) is 11.2. The first-order valence-corrected chi connectivity index (χ1v) is 8.05. The number of nitrogens with one attached hydrogen (secondary N) is 2. The van der Waals surface area contributed by atoms with E-state index in [0.717, 1.165) is 0 Å². The van der Waals surface area contributed by atoms with Crippen LogP contribution in [0.2, 0.25) is 5.15 Å². The molecule has 0 spiro atoms. The summed E-state index contributed by atoms with van der Waals surface area (Å²) in [7, 11) is -0.946. The van der Waals surface area contributed by atoms with Crippen LogP contribution < -0.4 is 10.6 Å². The van der Waals surface area contributed by atoms with Gasteiger partial charge in [-0.05, 0) is 26.0 Å². The van der Waals surface area contributed by atoms with Gasteiger partial charge in [0.1, 0.15) is 11.0 Å². The van der Waals surface area contributed by atoms with Gasteiger partial charge in [0.05, 0.1) is 0 Å². The lowest BCUT2D eigenvalue weighted by atomic mass is 10.2. The predicted octanol–water partition coefficient (Wildman–Crippen LogP) is 1.66. The molecule has 2 unspecified atom stereocenters. The summed E-state index contributed by atoms with van der Waals surface area (Å²) in [4.78, 5) is 16.1. The van der Waals surface area contributed by atoms with E-state index in [1.165, 1.54) is 6.07 Å². The molecule has 19 heavy (non-hydrogen) atoms. The maximum atomic E-state index is 12.0. The van der Waals surface area contributed by atoms with E-state index in [4.69, 9.17) is 11.6 Å². The zero-order valence-corrected chi connectivity index (χ0v) is 12.8. The fourth-order valence-corrected chi connectivity index (χ4v) is 2.60. The minimum atomic E-state index is -0.946. The largest absolute Gasteiger partial charge is 0.370 e. The van der Waals surface area contributed by atoms with E-state index >= 15 is 0 Å². The monoisotopic (exact) mass is 303 g/mol. The van der Waals surface area contributed by atoms with Gasteiger partial charge in [-0.25, -0.2) is 4.98 Å². The van der Waals surface area contributed by atoms with Crippen molar-refractivity contribution in [1.29, 1.82) is 0 Å². The summed E-state index contributed by atoms with van der Waals surface area (Å²) in [6.45, 7) is 4.44. The molecule has 0 bridgehead atoms. The van der Waals surface area contributed by atoms with Crippen LogP contribution in [0.3, 0.4) is 0 Å². The second kappa shape index (κ2) is 7.45. The number of anilines is 1. The van der Waals surface area contributed by atoms with Gasteiger partial charge in [0.15, 0.2) is 0 Å². The Balaban J connectivity index is 2.78. The number of carbonyl (C=O) groups excluding carboxylic acids is 1. The molecule has 0 aliphatic rings. The minimum Gasteiger partial charge on any atom is -0.370 e. The van der Waals surface area contributed by atoms with Crippen molar-refractivity contribution in [3.05, 3.63) is 22.8 Å². The van der Waals surface area contributed by atoms with Crippen molar-refractivity contribution in [2.45, 2.75) is 19.9 Å². The van der Waals surface area contributed by atoms with Crippen molar-refractivity contribution in [2.24, 2.45) is 0 Å². The van der Waals surface area contributed by atoms with E-state index in [2.05, 4.69) is 15.6 Å². The Morgan fingerprint density at radius 1 is 1.53 bits per heavy atom. The third kappa shape index (κ3) is 5.57. The lowest BCUT2D eigenvalue weighted by Crippen LogP contribution is -2.36.